The Morgan fingerprint density at radius 1 is 1.09 bits per heavy atom. The molecule has 1 aromatic rings. The molecule has 2 atom stereocenters. The van der Waals surface area contributed by atoms with E-state index in [1.807, 2.05) is 4.90 Å². The second-order valence-electron chi connectivity index (χ2n) is 10.3. The third-order valence-electron chi connectivity index (χ3n) is 8.26. The lowest BCUT2D eigenvalue weighted by Gasteiger charge is -2.36. The molecule has 0 bridgehead atoms. The van der Waals surface area contributed by atoms with Crippen LogP contribution in [0.15, 0.2) is 18.2 Å². The van der Waals surface area contributed by atoms with E-state index in [1.165, 1.54) is 37.8 Å². The van der Waals surface area contributed by atoms with E-state index in [1.54, 1.807) is 11.0 Å². The van der Waals surface area contributed by atoms with E-state index in [0.717, 1.165) is 25.3 Å². The molecule has 6 nitrogen and oxygen atoms in total. The molecule has 2 saturated heterocycles. The fourth-order valence-electron chi connectivity index (χ4n) is 6.24. The quantitative estimate of drug-likeness (QED) is 0.643. The third-order valence-corrected chi connectivity index (χ3v) is 8.26. The van der Waals surface area contributed by atoms with Crippen LogP contribution >= 0.6 is 0 Å². The van der Waals surface area contributed by atoms with Crippen LogP contribution in [0.25, 0.3) is 0 Å². The molecule has 2 amide bonds. The molecule has 2 aliphatic heterocycles. The Morgan fingerprint density at radius 2 is 1.77 bits per heavy atom. The number of rotatable bonds is 6. The number of primary amides is 1. The summed E-state index contributed by atoms with van der Waals surface area (Å²) in [6, 6.07) is 5.27. The summed E-state index contributed by atoms with van der Waals surface area (Å²) in [5.41, 5.74) is 4.65. The van der Waals surface area contributed by atoms with Crippen molar-refractivity contribution in [3.8, 4) is 6.07 Å². The van der Waals surface area contributed by atoms with E-state index in [9.17, 15) is 22.8 Å². The first-order valence-corrected chi connectivity index (χ1v) is 12.6. The van der Waals surface area contributed by atoms with E-state index < -0.39 is 29.1 Å². The highest BCUT2D eigenvalue weighted by Crippen LogP contribution is 2.40. The number of carbonyl (C=O) groups is 2. The summed E-state index contributed by atoms with van der Waals surface area (Å²) in [5, 5.41) is 9.06. The Hall–Kier alpha value is -2.76. The Balaban J connectivity index is 1.39. The third kappa shape index (κ3) is 5.74. The van der Waals surface area contributed by atoms with Gasteiger partial charge in [0.15, 0.2) is 0 Å². The van der Waals surface area contributed by atoms with Crippen molar-refractivity contribution in [2.24, 2.45) is 29.4 Å². The van der Waals surface area contributed by atoms with Crippen LogP contribution in [0, 0.1) is 35.0 Å². The lowest BCUT2D eigenvalue weighted by molar-refractivity contribution is -0.137. The first kappa shape index (κ1) is 25.3. The Morgan fingerprint density at radius 3 is 2.37 bits per heavy atom. The second-order valence-corrected chi connectivity index (χ2v) is 10.3. The van der Waals surface area contributed by atoms with Crippen molar-refractivity contribution in [2.45, 2.75) is 57.5 Å². The summed E-state index contributed by atoms with van der Waals surface area (Å²) in [5.74, 6) is 0.0708. The van der Waals surface area contributed by atoms with Gasteiger partial charge < -0.3 is 15.5 Å². The van der Waals surface area contributed by atoms with Crippen LogP contribution < -0.4 is 10.6 Å². The van der Waals surface area contributed by atoms with Crippen molar-refractivity contribution < 1.29 is 22.8 Å². The molecule has 2 heterocycles. The number of piperidine rings is 1. The number of carbonyl (C=O) groups excluding carboxylic acids is 2. The monoisotopic (exact) mass is 490 g/mol. The van der Waals surface area contributed by atoms with Crippen LogP contribution in [-0.2, 0) is 15.8 Å². The summed E-state index contributed by atoms with van der Waals surface area (Å²) in [6.07, 6.45) is 3.43. The number of hydrogen-bond donors (Lipinski definition) is 1. The van der Waals surface area contributed by atoms with Gasteiger partial charge in [-0.3, -0.25) is 9.59 Å². The summed E-state index contributed by atoms with van der Waals surface area (Å²) in [4.78, 5) is 28.6. The van der Waals surface area contributed by atoms with Gasteiger partial charge in [0.1, 0.15) is 0 Å². The van der Waals surface area contributed by atoms with E-state index in [-0.39, 0.29) is 24.3 Å². The molecule has 2 N–H and O–H groups in total. The number of likely N-dealkylation sites (tertiary alicyclic amines) is 1. The second kappa shape index (κ2) is 10.5. The molecule has 0 aromatic heterocycles. The van der Waals surface area contributed by atoms with Gasteiger partial charge in [-0.25, -0.2) is 0 Å². The molecule has 9 heteroatoms. The minimum Gasteiger partial charge on any atom is -0.370 e. The normalized spacial score (nSPS) is 24.1. The van der Waals surface area contributed by atoms with E-state index >= 15 is 0 Å². The molecule has 1 aromatic carbocycles. The van der Waals surface area contributed by atoms with Crippen molar-refractivity contribution in [3.05, 3.63) is 29.3 Å². The molecule has 4 rings (SSSR count). The zero-order valence-electron chi connectivity index (χ0n) is 19.9. The van der Waals surface area contributed by atoms with Gasteiger partial charge in [-0.05, 0) is 55.2 Å². The predicted molar refractivity (Wildman–Crippen MR) is 125 cm³/mol. The van der Waals surface area contributed by atoms with E-state index in [2.05, 4.69) is 0 Å². The number of nitrogens with two attached hydrogens (primary N) is 1. The van der Waals surface area contributed by atoms with Crippen molar-refractivity contribution in [2.75, 3.05) is 31.1 Å². The molecule has 3 fully saturated rings. The number of halogens is 3. The van der Waals surface area contributed by atoms with Crippen molar-refractivity contribution in [1.82, 2.24) is 4.90 Å². The summed E-state index contributed by atoms with van der Waals surface area (Å²) in [7, 11) is 0. The largest absolute Gasteiger partial charge is 0.417 e. The highest BCUT2D eigenvalue weighted by atomic mass is 19.4. The molecule has 0 radical (unpaired) electrons. The van der Waals surface area contributed by atoms with Crippen molar-refractivity contribution in [3.63, 3.8) is 0 Å². The van der Waals surface area contributed by atoms with Crippen LogP contribution in [0.1, 0.15) is 62.5 Å². The molecule has 35 heavy (non-hydrogen) atoms. The molecule has 1 saturated carbocycles. The van der Waals surface area contributed by atoms with Crippen molar-refractivity contribution in [1.29, 1.82) is 5.26 Å². The van der Waals surface area contributed by atoms with Crippen LogP contribution in [0.5, 0.6) is 0 Å². The summed E-state index contributed by atoms with van der Waals surface area (Å²) in [6.45, 7) is 1.97. The number of anilines is 1. The fraction of sp³-hybridized carbons (Fsp3) is 0.654. The topological polar surface area (TPSA) is 90.4 Å². The fourth-order valence-corrected chi connectivity index (χ4v) is 6.24. The average Bonchev–Trinajstić information content (AvgIpc) is 3.52. The highest BCUT2D eigenvalue weighted by Gasteiger charge is 2.43. The Bertz CT molecular complexity index is 976. The average molecular weight is 491 g/mol. The zero-order chi connectivity index (χ0) is 25.2. The van der Waals surface area contributed by atoms with Gasteiger partial charge >= 0.3 is 6.18 Å². The van der Waals surface area contributed by atoms with Crippen LogP contribution in [0.4, 0.5) is 18.9 Å². The highest BCUT2D eigenvalue weighted by molar-refractivity contribution is 5.79. The van der Waals surface area contributed by atoms with Crippen LogP contribution in [0.2, 0.25) is 0 Å². The predicted octanol–water partition coefficient (Wildman–Crippen LogP) is 4.32. The number of hydrogen-bond acceptors (Lipinski definition) is 4. The van der Waals surface area contributed by atoms with Crippen molar-refractivity contribution >= 4 is 17.5 Å². The van der Waals surface area contributed by atoms with Crippen LogP contribution in [-0.4, -0.2) is 42.9 Å². The molecule has 3 aliphatic rings. The van der Waals surface area contributed by atoms with E-state index in [0.29, 0.717) is 37.7 Å². The molecule has 1 aliphatic carbocycles. The first-order valence-electron chi connectivity index (χ1n) is 12.6. The SMILES string of the molecule is N#Cc1ccc(N2C[C@@H](C(N)=O)[C@H](C3CCN(C(=O)CCC4CCCC4)CC3)C2)cc1C(F)(F)F. The number of nitrogens with zero attached hydrogens (tertiary/aromatic N) is 3. The molecule has 0 unspecified atom stereocenters. The van der Waals surface area contributed by atoms with Gasteiger partial charge in [0.05, 0.1) is 23.1 Å². The van der Waals surface area contributed by atoms with Gasteiger partial charge in [-0.15, -0.1) is 0 Å². The smallest absolute Gasteiger partial charge is 0.370 e. The maximum absolute atomic E-state index is 13.4. The van der Waals surface area contributed by atoms with E-state index in [4.69, 9.17) is 11.0 Å². The van der Waals surface area contributed by atoms with Gasteiger partial charge in [-0.1, -0.05) is 25.7 Å². The first-order chi connectivity index (χ1) is 16.7. The summed E-state index contributed by atoms with van der Waals surface area (Å²) >= 11 is 0. The lowest BCUT2D eigenvalue weighted by atomic mass is 9.78. The van der Waals surface area contributed by atoms with Gasteiger partial charge in [0.2, 0.25) is 11.8 Å². The number of alkyl halides is 3. The lowest BCUT2D eigenvalue weighted by Crippen LogP contribution is -2.42. The standard InChI is InChI=1S/C26H33F3N4O2/c27-26(28,29)23-13-20(7-6-19(23)14-30)33-15-21(22(16-33)25(31)35)18-9-11-32(12-10-18)24(34)8-5-17-3-1-2-4-17/h6-7,13,17-18,21-22H,1-5,8-12,15-16H2,(H2,31,35)/t21-,22+/m0/s1. The Labute approximate surface area is 204 Å². The maximum Gasteiger partial charge on any atom is 0.417 e. The molecular weight excluding hydrogens is 457 g/mol. The summed E-state index contributed by atoms with van der Waals surface area (Å²) < 4.78 is 40.3. The molecular formula is C26H33F3N4O2. The van der Waals surface area contributed by atoms with Gasteiger partial charge in [0, 0.05) is 38.3 Å². The number of benzene rings is 1. The van der Waals surface area contributed by atoms with Gasteiger partial charge in [-0.2, -0.15) is 18.4 Å². The molecule has 190 valence electrons. The maximum atomic E-state index is 13.4. The van der Waals surface area contributed by atoms with Crippen LogP contribution in [0.3, 0.4) is 0 Å². The van der Waals surface area contributed by atoms with Gasteiger partial charge in [0.25, 0.3) is 0 Å². The Kier molecular flexibility index (Phi) is 7.58. The minimum absolute atomic E-state index is 0.0757. The molecule has 0 spiro atoms. The minimum atomic E-state index is -4.64. The number of amides is 2. The zero-order valence-corrected chi connectivity index (χ0v) is 19.9. The number of nitriles is 1.